The van der Waals surface area contributed by atoms with Crippen molar-refractivity contribution in [3.63, 3.8) is 0 Å². The van der Waals surface area contributed by atoms with Gasteiger partial charge in [0, 0.05) is 11.1 Å². The number of carbonyl (C=O) groups is 2. The number of halogens is 3. The van der Waals surface area contributed by atoms with Crippen molar-refractivity contribution in [3.8, 4) is 5.75 Å². The molecule has 0 aromatic heterocycles. The highest BCUT2D eigenvalue weighted by atomic mass is 35.5. The number of hydrogen-bond acceptors (Lipinski definition) is 4. The van der Waals surface area contributed by atoms with E-state index in [9.17, 15) is 18.4 Å². The first-order valence-electron chi connectivity index (χ1n) is 7.00. The van der Waals surface area contributed by atoms with Gasteiger partial charge in [0.2, 0.25) is 0 Å². The number of rotatable bonds is 6. The van der Waals surface area contributed by atoms with Gasteiger partial charge in [0.1, 0.15) is 5.82 Å². The van der Waals surface area contributed by atoms with E-state index in [0.29, 0.717) is 0 Å². The van der Waals surface area contributed by atoms with Gasteiger partial charge in [-0.15, -0.1) is 0 Å². The Kier molecular flexibility index (Phi) is 5.87. The van der Waals surface area contributed by atoms with Gasteiger partial charge < -0.3 is 9.47 Å². The monoisotopic (exact) mass is 354 g/mol. The molecule has 0 aliphatic rings. The Balaban J connectivity index is 2.21. The summed E-state index contributed by atoms with van der Waals surface area (Å²) in [6.07, 6.45) is 0. The van der Waals surface area contributed by atoms with Crippen LogP contribution in [-0.4, -0.2) is 25.0 Å². The first-order valence-corrected chi connectivity index (χ1v) is 7.38. The molecule has 126 valence electrons. The minimum atomic E-state index is -0.891. The zero-order valence-corrected chi connectivity index (χ0v) is 13.4. The highest BCUT2D eigenvalue weighted by Crippen LogP contribution is 2.30. The lowest BCUT2D eigenvalue weighted by atomic mass is 10.0. The van der Waals surface area contributed by atoms with Crippen LogP contribution in [0, 0.1) is 11.6 Å². The molecule has 0 bridgehead atoms. The third-order valence-electron chi connectivity index (χ3n) is 3.01. The van der Waals surface area contributed by atoms with Crippen molar-refractivity contribution in [1.29, 1.82) is 0 Å². The lowest BCUT2D eigenvalue weighted by molar-refractivity contribution is -0.145. The zero-order chi connectivity index (χ0) is 17.7. The Morgan fingerprint density at radius 2 is 1.75 bits per heavy atom. The molecule has 0 fully saturated rings. The standard InChI is InChI=1S/C17H13ClF2O4/c1-2-23-15(21)9-24-17-13(18)7-11(8-14(17)20)16(22)10-3-5-12(19)6-4-10/h3-8H,2,9H2,1H3. The van der Waals surface area contributed by atoms with Crippen molar-refractivity contribution in [2.45, 2.75) is 6.92 Å². The van der Waals surface area contributed by atoms with E-state index >= 15 is 0 Å². The van der Waals surface area contributed by atoms with Gasteiger partial charge in [0.05, 0.1) is 11.6 Å². The van der Waals surface area contributed by atoms with E-state index in [1.807, 2.05) is 0 Å². The van der Waals surface area contributed by atoms with Crippen molar-refractivity contribution >= 4 is 23.4 Å². The van der Waals surface area contributed by atoms with E-state index in [0.717, 1.165) is 18.2 Å². The fourth-order valence-corrected chi connectivity index (χ4v) is 2.19. The number of hydrogen-bond donors (Lipinski definition) is 0. The smallest absolute Gasteiger partial charge is 0.344 e. The summed E-state index contributed by atoms with van der Waals surface area (Å²) in [5, 5.41) is -0.162. The molecule has 0 heterocycles. The molecule has 0 spiro atoms. The summed E-state index contributed by atoms with van der Waals surface area (Å²) in [4.78, 5) is 23.5. The minimum absolute atomic E-state index is 0.0207. The second-order valence-corrected chi connectivity index (χ2v) is 5.11. The Morgan fingerprint density at radius 1 is 1.08 bits per heavy atom. The van der Waals surface area contributed by atoms with Crippen LogP contribution in [0.25, 0.3) is 0 Å². The minimum Gasteiger partial charge on any atom is -0.477 e. The van der Waals surface area contributed by atoms with E-state index in [-0.39, 0.29) is 28.5 Å². The predicted molar refractivity (Wildman–Crippen MR) is 83.4 cm³/mol. The molecule has 7 heteroatoms. The van der Waals surface area contributed by atoms with Crippen LogP contribution < -0.4 is 4.74 Å². The van der Waals surface area contributed by atoms with E-state index < -0.39 is 30.0 Å². The molecule has 0 saturated carbocycles. The van der Waals surface area contributed by atoms with Gasteiger partial charge in [0.15, 0.2) is 24.0 Å². The van der Waals surface area contributed by atoms with Crippen molar-refractivity contribution in [2.24, 2.45) is 0 Å². The van der Waals surface area contributed by atoms with E-state index in [1.54, 1.807) is 6.92 Å². The number of ketones is 1. The Hall–Kier alpha value is -2.47. The lowest BCUT2D eigenvalue weighted by Gasteiger charge is -2.10. The Labute approximate surface area is 141 Å². The highest BCUT2D eigenvalue weighted by molar-refractivity contribution is 6.32. The molecule has 0 aliphatic carbocycles. The van der Waals surface area contributed by atoms with Gasteiger partial charge in [-0.1, -0.05) is 11.6 Å². The van der Waals surface area contributed by atoms with Crippen LogP contribution in [0.5, 0.6) is 5.75 Å². The number of ether oxygens (including phenoxy) is 2. The molecule has 0 radical (unpaired) electrons. The van der Waals surface area contributed by atoms with Crippen molar-refractivity contribution in [2.75, 3.05) is 13.2 Å². The predicted octanol–water partition coefficient (Wildman–Crippen LogP) is 3.79. The topological polar surface area (TPSA) is 52.6 Å². The third kappa shape index (κ3) is 4.29. The fraction of sp³-hybridized carbons (Fsp3) is 0.176. The van der Waals surface area contributed by atoms with E-state index in [4.69, 9.17) is 16.3 Å². The summed E-state index contributed by atoms with van der Waals surface area (Å²) >= 11 is 5.92. The molecule has 24 heavy (non-hydrogen) atoms. The van der Waals surface area contributed by atoms with Gasteiger partial charge in [-0.3, -0.25) is 4.79 Å². The molecule has 0 aliphatic heterocycles. The molecule has 2 rings (SSSR count). The normalized spacial score (nSPS) is 10.3. The van der Waals surface area contributed by atoms with Crippen LogP contribution in [0.3, 0.4) is 0 Å². The summed E-state index contributed by atoms with van der Waals surface area (Å²) in [6, 6.07) is 6.99. The molecule has 4 nitrogen and oxygen atoms in total. The average Bonchev–Trinajstić information content (AvgIpc) is 2.54. The maximum absolute atomic E-state index is 14.1. The summed E-state index contributed by atoms with van der Waals surface area (Å²) in [7, 11) is 0. The Bertz CT molecular complexity index is 737. The first-order chi connectivity index (χ1) is 11.4. The molecular formula is C17H13ClF2O4. The summed E-state index contributed by atoms with van der Waals surface area (Å²) in [5.41, 5.74) is 0.166. The molecule has 0 amide bonds. The maximum atomic E-state index is 14.1. The molecule has 0 saturated heterocycles. The van der Waals surface area contributed by atoms with Crippen LogP contribution in [0.1, 0.15) is 22.8 Å². The third-order valence-corrected chi connectivity index (χ3v) is 3.29. The second-order valence-electron chi connectivity index (χ2n) is 4.70. The first kappa shape index (κ1) is 17.9. The molecule has 2 aromatic carbocycles. The van der Waals surface area contributed by atoms with Crippen molar-refractivity contribution in [1.82, 2.24) is 0 Å². The highest BCUT2D eigenvalue weighted by Gasteiger charge is 2.17. The molecular weight excluding hydrogens is 342 g/mol. The number of carbonyl (C=O) groups excluding carboxylic acids is 2. The fourth-order valence-electron chi connectivity index (χ4n) is 1.93. The number of benzene rings is 2. The molecule has 0 unspecified atom stereocenters. The van der Waals surface area contributed by atoms with Crippen LogP contribution in [0.2, 0.25) is 5.02 Å². The van der Waals surface area contributed by atoms with Gasteiger partial charge in [0.25, 0.3) is 0 Å². The lowest BCUT2D eigenvalue weighted by Crippen LogP contribution is -2.15. The van der Waals surface area contributed by atoms with Crippen LogP contribution in [-0.2, 0) is 9.53 Å². The van der Waals surface area contributed by atoms with Crippen molar-refractivity contribution in [3.05, 3.63) is 64.2 Å². The Morgan fingerprint density at radius 3 is 2.33 bits per heavy atom. The van der Waals surface area contributed by atoms with Gasteiger partial charge in [-0.2, -0.15) is 0 Å². The van der Waals surface area contributed by atoms with E-state index in [1.165, 1.54) is 18.2 Å². The van der Waals surface area contributed by atoms with Gasteiger partial charge in [-0.25, -0.2) is 13.6 Å². The van der Waals surface area contributed by atoms with Crippen LogP contribution in [0.4, 0.5) is 8.78 Å². The molecule has 2 aromatic rings. The van der Waals surface area contributed by atoms with Gasteiger partial charge >= 0.3 is 5.97 Å². The summed E-state index contributed by atoms with van der Waals surface area (Å²) in [6.45, 7) is 1.29. The van der Waals surface area contributed by atoms with E-state index in [2.05, 4.69) is 4.74 Å². The molecule has 0 N–H and O–H groups in total. The van der Waals surface area contributed by atoms with Crippen molar-refractivity contribution < 1.29 is 27.8 Å². The largest absolute Gasteiger partial charge is 0.477 e. The van der Waals surface area contributed by atoms with Crippen LogP contribution >= 0.6 is 11.6 Å². The maximum Gasteiger partial charge on any atom is 0.344 e. The SMILES string of the molecule is CCOC(=O)COc1c(F)cc(C(=O)c2ccc(F)cc2)cc1Cl. The van der Waals surface area contributed by atoms with Gasteiger partial charge in [-0.05, 0) is 43.3 Å². The second kappa shape index (κ2) is 7.88. The summed E-state index contributed by atoms with van der Waals surface area (Å²) in [5.74, 6) is -2.91. The summed E-state index contributed by atoms with van der Waals surface area (Å²) < 4.78 is 36.7. The number of esters is 1. The quantitative estimate of drug-likeness (QED) is 0.585. The molecule has 0 atom stereocenters. The zero-order valence-electron chi connectivity index (χ0n) is 12.6. The van der Waals surface area contributed by atoms with Crippen LogP contribution in [0.15, 0.2) is 36.4 Å². The average molecular weight is 355 g/mol.